The summed E-state index contributed by atoms with van der Waals surface area (Å²) in [5, 5.41) is 0. The summed E-state index contributed by atoms with van der Waals surface area (Å²) in [5.74, 6) is 8.19. The second-order valence-corrected chi connectivity index (χ2v) is 1.66. The Morgan fingerprint density at radius 1 is 1.67 bits per heavy atom. The molecule has 0 unspecified atom stereocenters. The van der Waals surface area contributed by atoms with E-state index < -0.39 is 0 Å². The Hall–Kier alpha value is -1.14. The molecule has 0 saturated carbocycles. The summed E-state index contributed by atoms with van der Waals surface area (Å²) in [6, 6.07) is 0. The van der Waals surface area contributed by atoms with E-state index >= 15 is 0 Å². The molecule has 0 heterocycles. The van der Waals surface area contributed by atoms with E-state index in [1.165, 1.54) is 0 Å². The average molecular weight is 118 g/mol. The third-order valence-corrected chi connectivity index (χ3v) is 0.915. The molecule has 0 aromatic carbocycles. The standard InChI is InChI=1S/C9H10/c1-4-6-7-8-9(3)5-2/h2,8H,7H2,1,3H3. The van der Waals surface area contributed by atoms with Crippen molar-refractivity contribution in [2.75, 3.05) is 0 Å². The van der Waals surface area contributed by atoms with Crippen LogP contribution in [-0.2, 0) is 0 Å². The molecule has 0 aliphatic rings. The molecule has 0 rings (SSSR count). The van der Waals surface area contributed by atoms with Crippen molar-refractivity contribution in [1.29, 1.82) is 0 Å². The predicted molar refractivity (Wildman–Crippen MR) is 40.7 cm³/mol. The molecule has 0 spiro atoms. The minimum atomic E-state index is 0.770. The van der Waals surface area contributed by atoms with Gasteiger partial charge in [-0.1, -0.05) is 17.9 Å². The van der Waals surface area contributed by atoms with Crippen LogP contribution in [0.5, 0.6) is 0 Å². The first kappa shape index (κ1) is 7.86. The zero-order chi connectivity index (χ0) is 7.11. The lowest BCUT2D eigenvalue weighted by Gasteiger charge is -1.80. The molecule has 46 valence electrons. The number of hydrogen-bond donors (Lipinski definition) is 0. The third-order valence-electron chi connectivity index (χ3n) is 0.915. The molecule has 0 amide bonds. The highest BCUT2D eigenvalue weighted by molar-refractivity contribution is 5.23. The van der Waals surface area contributed by atoms with Crippen LogP contribution in [0.1, 0.15) is 20.3 Å². The van der Waals surface area contributed by atoms with E-state index in [0.29, 0.717) is 0 Å². The molecule has 0 radical (unpaired) electrons. The van der Waals surface area contributed by atoms with E-state index in [4.69, 9.17) is 6.42 Å². The molecule has 0 bridgehead atoms. The Balaban J connectivity index is 3.69. The Kier molecular flexibility index (Phi) is 4.37. The van der Waals surface area contributed by atoms with E-state index in [-0.39, 0.29) is 0 Å². The summed E-state index contributed by atoms with van der Waals surface area (Å²) in [6.07, 6.45) is 7.80. The van der Waals surface area contributed by atoms with Crippen LogP contribution in [-0.4, -0.2) is 0 Å². The van der Waals surface area contributed by atoms with Crippen LogP contribution in [0.25, 0.3) is 0 Å². The van der Waals surface area contributed by atoms with Crippen molar-refractivity contribution in [2.45, 2.75) is 20.3 Å². The van der Waals surface area contributed by atoms with Gasteiger partial charge in [0.25, 0.3) is 0 Å². The van der Waals surface area contributed by atoms with Crippen molar-refractivity contribution in [2.24, 2.45) is 0 Å². The van der Waals surface area contributed by atoms with Crippen molar-refractivity contribution in [1.82, 2.24) is 0 Å². The average Bonchev–Trinajstić information content (AvgIpc) is 1.89. The SMILES string of the molecule is C#CC(C)=CCC#CC. The lowest BCUT2D eigenvalue weighted by molar-refractivity contribution is 1.39. The Morgan fingerprint density at radius 3 is 2.78 bits per heavy atom. The van der Waals surface area contributed by atoms with Crippen LogP contribution in [0, 0.1) is 24.2 Å². The molecule has 0 saturated heterocycles. The Morgan fingerprint density at radius 2 is 2.33 bits per heavy atom. The van der Waals surface area contributed by atoms with E-state index in [2.05, 4.69) is 17.8 Å². The Bertz CT molecular complexity index is 190. The summed E-state index contributed by atoms with van der Waals surface area (Å²) in [4.78, 5) is 0. The fourth-order valence-electron chi connectivity index (χ4n) is 0.365. The molecule has 0 N–H and O–H groups in total. The van der Waals surface area contributed by atoms with Crippen LogP contribution >= 0.6 is 0 Å². The number of hydrogen-bond acceptors (Lipinski definition) is 0. The van der Waals surface area contributed by atoms with Gasteiger partial charge in [-0.3, -0.25) is 0 Å². The summed E-state index contributed by atoms with van der Waals surface area (Å²) >= 11 is 0. The second kappa shape index (κ2) is 5.01. The third kappa shape index (κ3) is 4.72. The van der Waals surface area contributed by atoms with Crippen molar-refractivity contribution in [3.63, 3.8) is 0 Å². The van der Waals surface area contributed by atoms with E-state index in [0.717, 1.165) is 12.0 Å². The maximum absolute atomic E-state index is 5.09. The molecule has 0 atom stereocenters. The van der Waals surface area contributed by atoms with Crippen LogP contribution in [0.3, 0.4) is 0 Å². The quantitative estimate of drug-likeness (QED) is 0.462. The molecular formula is C9H10. The summed E-state index contributed by atoms with van der Waals surface area (Å²) < 4.78 is 0. The smallest absolute Gasteiger partial charge is 0.0281 e. The van der Waals surface area contributed by atoms with Gasteiger partial charge >= 0.3 is 0 Å². The molecular weight excluding hydrogens is 108 g/mol. The van der Waals surface area contributed by atoms with E-state index in [1.807, 2.05) is 19.9 Å². The lowest BCUT2D eigenvalue weighted by atomic mass is 10.2. The summed E-state index contributed by atoms with van der Waals surface area (Å²) in [7, 11) is 0. The van der Waals surface area contributed by atoms with E-state index in [9.17, 15) is 0 Å². The van der Waals surface area contributed by atoms with Crippen molar-refractivity contribution < 1.29 is 0 Å². The van der Waals surface area contributed by atoms with Crippen LogP contribution < -0.4 is 0 Å². The lowest BCUT2D eigenvalue weighted by Crippen LogP contribution is -1.66. The predicted octanol–water partition coefficient (Wildman–Crippen LogP) is 1.98. The largest absolute Gasteiger partial charge is 0.115 e. The van der Waals surface area contributed by atoms with Crippen molar-refractivity contribution >= 4 is 0 Å². The number of rotatable bonds is 1. The van der Waals surface area contributed by atoms with Crippen LogP contribution in [0.15, 0.2) is 11.6 Å². The van der Waals surface area contributed by atoms with Crippen molar-refractivity contribution in [3.05, 3.63) is 11.6 Å². The van der Waals surface area contributed by atoms with Gasteiger partial charge in [-0.15, -0.1) is 12.3 Å². The van der Waals surface area contributed by atoms with Gasteiger partial charge in [-0.25, -0.2) is 0 Å². The monoisotopic (exact) mass is 118 g/mol. The van der Waals surface area contributed by atoms with Crippen molar-refractivity contribution in [3.8, 4) is 24.2 Å². The van der Waals surface area contributed by atoms with Gasteiger partial charge in [-0.05, 0) is 19.4 Å². The molecule has 0 heteroatoms. The first-order chi connectivity index (χ1) is 4.31. The maximum atomic E-state index is 5.09. The van der Waals surface area contributed by atoms with Gasteiger partial charge in [0.1, 0.15) is 0 Å². The molecule has 0 nitrogen and oxygen atoms in total. The second-order valence-electron chi connectivity index (χ2n) is 1.66. The van der Waals surface area contributed by atoms with Gasteiger partial charge in [0.15, 0.2) is 0 Å². The highest BCUT2D eigenvalue weighted by Crippen LogP contribution is 1.90. The first-order valence-corrected chi connectivity index (χ1v) is 2.84. The van der Waals surface area contributed by atoms with Gasteiger partial charge < -0.3 is 0 Å². The van der Waals surface area contributed by atoms with Crippen LogP contribution in [0.4, 0.5) is 0 Å². The zero-order valence-corrected chi connectivity index (χ0v) is 5.86. The molecule has 0 aliphatic carbocycles. The normalized spacial score (nSPS) is 9.22. The van der Waals surface area contributed by atoms with Gasteiger partial charge in [-0.2, -0.15) is 0 Å². The summed E-state index contributed by atoms with van der Waals surface area (Å²) in [6.45, 7) is 3.72. The first-order valence-electron chi connectivity index (χ1n) is 2.84. The topological polar surface area (TPSA) is 0 Å². The summed E-state index contributed by atoms with van der Waals surface area (Å²) in [5.41, 5.74) is 0.956. The number of allylic oxidation sites excluding steroid dienone is 2. The van der Waals surface area contributed by atoms with Gasteiger partial charge in [0.05, 0.1) is 0 Å². The molecule has 0 aliphatic heterocycles. The zero-order valence-electron chi connectivity index (χ0n) is 5.86. The van der Waals surface area contributed by atoms with Crippen LogP contribution in [0.2, 0.25) is 0 Å². The molecule has 9 heavy (non-hydrogen) atoms. The number of terminal acetylenes is 1. The van der Waals surface area contributed by atoms with Gasteiger partial charge in [0, 0.05) is 6.42 Å². The highest BCUT2D eigenvalue weighted by Gasteiger charge is 1.75. The minimum Gasteiger partial charge on any atom is -0.115 e. The van der Waals surface area contributed by atoms with E-state index in [1.54, 1.807) is 0 Å². The minimum absolute atomic E-state index is 0.770. The Labute approximate surface area is 57.0 Å². The maximum Gasteiger partial charge on any atom is 0.0281 e. The molecule has 0 fully saturated rings. The van der Waals surface area contributed by atoms with Gasteiger partial charge in [0.2, 0.25) is 0 Å². The fourth-order valence-corrected chi connectivity index (χ4v) is 0.365. The fraction of sp³-hybridized carbons (Fsp3) is 0.333. The highest BCUT2D eigenvalue weighted by atomic mass is 13.8. The molecule has 0 aromatic heterocycles. The molecule has 0 aromatic rings.